The molecule has 0 spiro atoms. The molecule has 0 saturated carbocycles. The van der Waals surface area contributed by atoms with E-state index < -0.39 is 0 Å². The smallest absolute Gasteiger partial charge is 0.191 e. The lowest BCUT2D eigenvalue weighted by Crippen LogP contribution is -2.18. The number of nitrogens with zero attached hydrogens (tertiary/aromatic N) is 1. The number of hydrogen-bond acceptors (Lipinski definition) is 4. The molecule has 80 valence electrons. The number of hydrogen-bond donors (Lipinski definition) is 2. The van der Waals surface area contributed by atoms with E-state index in [1.807, 2.05) is 6.92 Å². The average molecular weight is 206 g/mol. The monoisotopic (exact) mass is 206 g/mol. The predicted octanol–water partition coefficient (Wildman–Crippen LogP) is 1.20. The van der Waals surface area contributed by atoms with E-state index in [2.05, 4.69) is 0 Å². The van der Waals surface area contributed by atoms with Crippen molar-refractivity contribution in [2.45, 2.75) is 6.92 Å². The third-order valence-electron chi connectivity index (χ3n) is 1.88. The third-order valence-corrected chi connectivity index (χ3v) is 1.88. The molecule has 4 nitrogen and oxygen atoms in total. The van der Waals surface area contributed by atoms with Crippen molar-refractivity contribution in [2.75, 3.05) is 7.05 Å². The molecule has 3 N–H and O–H groups in total. The zero-order chi connectivity index (χ0) is 11.4. The van der Waals surface area contributed by atoms with E-state index in [-0.39, 0.29) is 17.1 Å². The summed E-state index contributed by atoms with van der Waals surface area (Å²) in [5, 5.41) is 10.7. The fraction of sp³-hybridized carbons (Fsp3) is 0.182. The Morgan fingerprint density at radius 2 is 2.20 bits per heavy atom. The van der Waals surface area contributed by atoms with Crippen LogP contribution in [0.25, 0.3) is 0 Å². The number of rotatable bonds is 3. The van der Waals surface area contributed by atoms with Gasteiger partial charge in [0.25, 0.3) is 0 Å². The molecular weight excluding hydrogens is 192 g/mol. The number of aryl methyl sites for hydroxylation is 1. The molecule has 4 heteroatoms. The summed E-state index contributed by atoms with van der Waals surface area (Å²) in [5.41, 5.74) is 1.21. The molecule has 0 aliphatic carbocycles. The van der Waals surface area contributed by atoms with Gasteiger partial charge in [0.05, 0.1) is 5.56 Å². The molecule has 0 atom stereocenters. The second kappa shape index (κ2) is 4.61. The van der Waals surface area contributed by atoms with Crippen LogP contribution in [0, 0.1) is 6.92 Å². The highest BCUT2D eigenvalue weighted by molar-refractivity contribution is 6.06. The zero-order valence-electron chi connectivity index (χ0n) is 8.77. The molecule has 0 saturated heterocycles. The Kier molecular flexibility index (Phi) is 3.46. The van der Waals surface area contributed by atoms with Crippen LogP contribution in [-0.2, 0) is 0 Å². The van der Waals surface area contributed by atoms with E-state index in [0.717, 1.165) is 5.56 Å². The minimum atomic E-state index is -0.270. The van der Waals surface area contributed by atoms with Gasteiger partial charge in [-0.1, -0.05) is 11.6 Å². The van der Waals surface area contributed by atoms with E-state index in [1.54, 1.807) is 19.2 Å². The number of carbonyl (C=O) groups is 1. The maximum absolute atomic E-state index is 11.6. The van der Waals surface area contributed by atoms with Crippen molar-refractivity contribution in [2.24, 2.45) is 5.84 Å². The number of allylic oxidation sites excluding steroid dienone is 1. The summed E-state index contributed by atoms with van der Waals surface area (Å²) in [4.78, 5) is 11.6. The van der Waals surface area contributed by atoms with Gasteiger partial charge in [0, 0.05) is 19.3 Å². The van der Waals surface area contributed by atoms with Crippen LogP contribution in [0.5, 0.6) is 5.75 Å². The fourth-order valence-electron chi connectivity index (χ4n) is 1.12. The zero-order valence-corrected chi connectivity index (χ0v) is 8.77. The summed E-state index contributed by atoms with van der Waals surface area (Å²) < 4.78 is 0. The Morgan fingerprint density at radius 3 is 2.80 bits per heavy atom. The molecule has 0 radical (unpaired) electrons. The first-order chi connectivity index (χ1) is 7.00. The number of aromatic hydroxyl groups is 1. The molecule has 15 heavy (non-hydrogen) atoms. The quantitative estimate of drug-likeness (QED) is 0.337. The molecule has 0 aromatic heterocycles. The van der Waals surface area contributed by atoms with Gasteiger partial charge in [-0.05, 0) is 19.1 Å². The number of phenolic OH excluding ortho intramolecular Hbond substituents is 1. The minimum Gasteiger partial charge on any atom is -0.507 e. The molecule has 0 unspecified atom stereocenters. The number of hydrazine groups is 1. The van der Waals surface area contributed by atoms with E-state index >= 15 is 0 Å². The molecule has 1 aromatic carbocycles. The van der Waals surface area contributed by atoms with Crippen molar-refractivity contribution in [1.82, 2.24) is 5.01 Å². The Morgan fingerprint density at radius 1 is 1.53 bits per heavy atom. The normalized spacial score (nSPS) is 10.6. The van der Waals surface area contributed by atoms with Crippen molar-refractivity contribution in [3.8, 4) is 5.75 Å². The van der Waals surface area contributed by atoms with Crippen LogP contribution in [-0.4, -0.2) is 22.9 Å². The Bertz CT molecular complexity index is 398. The molecule has 0 aliphatic heterocycles. The predicted molar refractivity (Wildman–Crippen MR) is 58.3 cm³/mol. The summed E-state index contributed by atoms with van der Waals surface area (Å²) in [6.45, 7) is 1.86. The van der Waals surface area contributed by atoms with Gasteiger partial charge in [-0.25, -0.2) is 5.84 Å². The van der Waals surface area contributed by atoms with Gasteiger partial charge in [-0.15, -0.1) is 0 Å². The van der Waals surface area contributed by atoms with Crippen LogP contribution in [0.2, 0.25) is 0 Å². The fourth-order valence-corrected chi connectivity index (χ4v) is 1.12. The van der Waals surface area contributed by atoms with E-state index in [4.69, 9.17) is 5.84 Å². The van der Waals surface area contributed by atoms with Crippen LogP contribution in [0.1, 0.15) is 15.9 Å². The molecule has 0 amide bonds. The summed E-state index contributed by atoms with van der Waals surface area (Å²) in [7, 11) is 1.61. The van der Waals surface area contributed by atoms with Gasteiger partial charge in [0.2, 0.25) is 0 Å². The van der Waals surface area contributed by atoms with Gasteiger partial charge in [0.15, 0.2) is 5.78 Å². The van der Waals surface area contributed by atoms with Crippen LogP contribution in [0.3, 0.4) is 0 Å². The Labute approximate surface area is 88.6 Å². The van der Waals surface area contributed by atoms with Crippen molar-refractivity contribution in [3.05, 3.63) is 41.6 Å². The lowest BCUT2D eigenvalue weighted by atomic mass is 10.1. The molecule has 1 rings (SSSR count). The summed E-state index contributed by atoms with van der Waals surface area (Å²) >= 11 is 0. The van der Waals surface area contributed by atoms with E-state index in [9.17, 15) is 9.90 Å². The van der Waals surface area contributed by atoms with Gasteiger partial charge in [-0.2, -0.15) is 0 Å². The first kappa shape index (κ1) is 11.3. The van der Waals surface area contributed by atoms with E-state index in [1.165, 1.54) is 23.4 Å². The maximum atomic E-state index is 11.6. The molecular formula is C11H14N2O2. The average Bonchev–Trinajstić information content (AvgIpc) is 2.18. The highest BCUT2D eigenvalue weighted by Crippen LogP contribution is 2.18. The summed E-state index contributed by atoms with van der Waals surface area (Å²) in [6.07, 6.45) is 2.75. The second-order valence-electron chi connectivity index (χ2n) is 3.37. The van der Waals surface area contributed by atoms with Gasteiger partial charge in [0.1, 0.15) is 5.75 Å². The maximum Gasteiger partial charge on any atom is 0.191 e. The standard InChI is InChI=1S/C11H14N2O2/c1-8-3-4-10(14)9(7-8)11(15)5-6-13(2)12/h3-7,14H,12H2,1-2H3/b6-5+. The highest BCUT2D eigenvalue weighted by atomic mass is 16.3. The van der Waals surface area contributed by atoms with Crippen LogP contribution in [0.4, 0.5) is 0 Å². The molecule has 0 bridgehead atoms. The van der Waals surface area contributed by atoms with Crippen LogP contribution < -0.4 is 5.84 Å². The molecule has 0 aliphatic rings. The number of nitrogens with two attached hydrogens (primary N) is 1. The molecule has 0 heterocycles. The third kappa shape index (κ3) is 3.11. The first-order valence-corrected chi connectivity index (χ1v) is 4.50. The number of carbonyl (C=O) groups excluding carboxylic acids is 1. The van der Waals surface area contributed by atoms with Crippen LogP contribution >= 0.6 is 0 Å². The SMILES string of the molecule is Cc1ccc(O)c(C(=O)/C=C/N(C)N)c1. The number of benzene rings is 1. The van der Waals surface area contributed by atoms with Crippen molar-refractivity contribution < 1.29 is 9.90 Å². The summed E-state index contributed by atoms with van der Waals surface area (Å²) in [6, 6.07) is 4.88. The second-order valence-corrected chi connectivity index (χ2v) is 3.37. The summed E-state index contributed by atoms with van der Waals surface area (Å²) in [5.74, 6) is 5.03. The van der Waals surface area contributed by atoms with Gasteiger partial charge >= 0.3 is 0 Å². The van der Waals surface area contributed by atoms with E-state index in [0.29, 0.717) is 0 Å². The number of ketones is 1. The largest absolute Gasteiger partial charge is 0.507 e. The van der Waals surface area contributed by atoms with Gasteiger partial charge < -0.3 is 10.1 Å². The topological polar surface area (TPSA) is 66.6 Å². The van der Waals surface area contributed by atoms with Crippen molar-refractivity contribution >= 4 is 5.78 Å². The molecule has 0 fully saturated rings. The Balaban J connectivity index is 2.96. The molecule has 1 aromatic rings. The first-order valence-electron chi connectivity index (χ1n) is 4.50. The minimum absolute atomic E-state index is 0.0186. The highest BCUT2D eigenvalue weighted by Gasteiger charge is 2.07. The van der Waals surface area contributed by atoms with Gasteiger partial charge in [-0.3, -0.25) is 4.79 Å². The Hall–Kier alpha value is -1.81. The number of phenols is 1. The van der Waals surface area contributed by atoms with Crippen molar-refractivity contribution in [3.63, 3.8) is 0 Å². The lowest BCUT2D eigenvalue weighted by molar-refractivity contribution is 0.104. The van der Waals surface area contributed by atoms with Crippen LogP contribution in [0.15, 0.2) is 30.5 Å². The lowest BCUT2D eigenvalue weighted by Gasteiger charge is -2.04. The van der Waals surface area contributed by atoms with Crippen molar-refractivity contribution in [1.29, 1.82) is 0 Å².